The van der Waals surface area contributed by atoms with Gasteiger partial charge in [-0.05, 0) is 75.6 Å². The Morgan fingerprint density at radius 3 is 1.81 bits per heavy atom. The summed E-state index contributed by atoms with van der Waals surface area (Å²) in [4.78, 5) is 0. The Labute approximate surface area is 270 Å². The van der Waals surface area contributed by atoms with Crippen LogP contribution in [0.25, 0.3) is 87.7 Å². The fourth-order valence-corrected chi connectivity index (χ4v) is 8.05. The van der Waals surface area contributed by atoms with Crippen molar-refractivity contribution >= 4 is 65.2 Å². The van der Waals surface area contributed by atoms with Gasteiger partial charge in [-0.3, -0.25) is 0 Å². The molecule has 1 aliphatic heterocycles. The monoisotopic (exact) mass is 598 g/mol. The first-order valence-electron chi connectivity index (χ1n) is 16.1. The molecule has 0 fully saturated rings. The van der Waals surface area contributed by atoms with Crippen LogP contribution in [0.4, 0.5) is 0 Å². The Balaban J connectivity index is 1.11. The Bertz CT molecular complexity index is 2890. The summed E-state index contributed by atoms with van der Waals surface area (Å²) in [6.45, 7) is 0. The lowest BCUT2D eigenvalue weighted by Crippen LogP contribution is -2.04. The third-order valence-electron chi connectivity index (χ3n) is 10.1. The first-order chi connectivity index (χ1) is 23.3. The lowest BCUT2D eigenvalue weighted by atomic mass is 9.96. The normalized spacial score (nSPS) is 12.4. The predicted octanol–water partition coefficient (Wildman–Crippen LogP) is 12.0. The summed E-state index contributed by atoms with van der Waals surface area (Å²) in [5, 5.41) is 9.98. The van der Waals surface area contributed by atoms with Gasteiger partial charge in [-0.1, -0.05) is 109 Å². The summed E-state index contributed by atoms with van der Waals surface area (Å²) in [5.41, 5.74) is 9.46. The van der Waals surface area contributed by atoms with E-state index in [1.54, 1.807) is 0 Å². The van der Waals surface area contributed by atoms with Crippen LogP contribution in [0.2, 0.25) is 0 Å². The van der Waals surface area contributed by atoms with Crippen molar-refractivity contribution in [2.45, 2.75) is 0 Å². The number of benzene rings is 8. The van der Waals surface area contributed by atoms with Gasteiger partial charge in [0.15, 0.2) is 11.5 Å². The molecule has 0 radical (unpaired) electrons. The van der Waals surface area contributed by atoms with Gasteiger partial charge in [0, 0.05) is 32.8 Å². The summed E-state index contributed by atoms with van der Waals surface area (Å²) in [7, 11) is 0. The van der Waals surface area contributed by atoms with E-state index in [1.165, 1.54) is 76.5 Å². The maximum Gasteiger partial charge on any atom is 0.152 e. The average Bonchev–Trinajstić information content (AvgIpc) is 3.66. The lowest BCUT2D eigenvalue weighted by molar-refractivity contribution is 0.476. The van der Waals surface area contributed by atoms with Crippen molar-refractivity contribution in [1.29, 1.82) is 0 Å². The van der Waals surface area contributed by atoms with Gasteiger partial charge in [0.1, 0.15) is 0 Å². The molecule has 10 aromatic rings. The minimum absolute atomic E-state index is 0.880. The van der Waals surface area contributed by atoms with E-state index in [1.807, 2.05) is 6.07 Å². The second-order valence-electron chi connectivity index (χ2n) is 12.5. The molecule has 8 aromatic carbocycles. The van der Waals surface area contributed by atoms with Crippen molar-refractivity contribution in [2.24, 2.45) is 0 Å². The number of para-hydroxylation sites is 6. The Morgan fingerprint density at radius 1 is 0.383 bits per heavy atom. The largest absolute Gasteiger partial charge is 0.453 e. The van der Waals surface area contributed by atoms with E-state index < -0.39 is 0 Å². The molecule has 218 valence electrons. The molecule has 11 rings (SSSR count). The van der Waals surface area contributed by atoms with Crippen LogP contribution >= 0.6 is 0 Å². The van der Waals surface area contributed by atoms with Gasteiger partial charge < -0.3 is 13.9 Å². The van der Waals surface area contributed by atoms with E-state index in [2.05, 4.69) is 161 Å². The van der Waals surface area contributed by atoms with Crippen molar-refractivity contribution in [3.63, 3.8) is 0 Å². The van der Waals surface area contributed by atoms with Gasteiger partial charge in [-0.15, -0.1) is 0 Å². The molecule has 0 saturated carbocycles. The van der Waals surface area contributed by atoms with E-state index in [0.717, 1.165) is 22.7 Å². The third-order valence-corrected chi connectivity index (χ3v) is 10.1. The zero-order valence-electron chi connectivity index (χ0n) is 25.3. The molecular formula is C44H26N2O. The van der Waals surface area contributed by atoms with Gasteiger partial charge in [-0.2, -0.15) is 0 Å². The number of hydrogen-bond acceptors (Lipinski definition) is 1. The van der Waals surface area contributed by atoms with Crippen LogP contribution in [0.5, 0.6) is 11.5 Å². The summed E-state index contributed by atoms with van der Waals surface area (Å²) in [5.74, 6) is 1.78. The Hall–Kier alpha value is -6.32. The second kappa shape index (κ2) is 9.12. The molecule has 47 heavy (non-hydrogen) atoms. The molecule has 3 heterocycles. The minimum atomic E-state index is 0.880. The number of fused-ring (bicyclic) bond motifs is 11. The maximum absolute atomic E-state index is 6.37. The molecule has 0 unspecified atom stereocenters. The molecule has 0 N–H and O–H groups in total. The maximum atomic E-state index is 6.37. The molecule has 3 nitrogen and oxygen atoms in total. The van der Waals surface area contributed by atoms with Gasteiger partial charge in [0.25, 0.3) is 0 Å². The van der Waals surface area contributed by atoms with E-state index in [-0.39, 0.29) is 0 Å². The third kappa shape index (κ3) is 3.35. The Kier molecular flexibility index (Phi) is 4.84. The molecule has 0 aliphatic carbocycles. The zero-order chi connectivity index (χ0) is 30.6. The van der Waals surface area contributed by atoms with Crippen molar-refractivity contribution in [2.75, 3.05) is 0 Å². The van der Waals surface area contributed by atoms with Crippen LogP contribution in [0.15, 0.2) is 158 Å². The number of aromatic nitrogens is 2. The van der Waals surface area contributed by atoms with Gasteiger partial charge >= 0.3 is 0 Å². The first kappa shape index (κ1) is 24.9. The van der Waals surface area contributed by atoms with E-state index >= 15 is 0 Å². The predicted molar refractivity (Wildman–Crippen MR) is 196 cm³/mol. The van der Waals surface area contributed by atoms with Crippen LogP contribution in [0.3, 0.4) is 0 Å². The van der Waals surface area contributed by atoms with Crippen LogP contribution in [0.1, 0.15) is 0 Å². The molecule has 1 aliphatic rings. The van der Waals surface area contributed by atoms with E-state index in [0.29, 0.717) is 0 Å². The van der Waals surface area contributed by atoms with Gasteiger partial charge in [0.2, 0.25) is 0 Å². The highest BCUT2D eigenvalue weighted by Crippen LogP contribution is 2.47. The lowest BCUT2D eigenvalue weighted by Gasteiger charge is -2.21. The highest BCUT2D eigenvalue weighted by Gasteiger charge is 2.25. The Morgan fingerprint density at radius 2 is 1.00 bits per heavy atom. The summed E-state index contributed by atoms with van der Waals surface area (Å²) in [6.07, 6.45) is 0. The van der Waals surface area contributed by atoms with Crippen LogP contribution in [-0.4, -0.2) is 9.13 Å². The second-order valence-corrected chi connectivity index (χ2v) is 12.5. The zero-order valence-corrected chi connectivity index (χ0v) is 25.3. The highest BCUT2D eigenvalue weighted by atomic mass is 16.5. The van der Waals surface area contributed by atoms with Crippen molar-refractivity contribution in [1.82, 2.24) is 9.13 Å². The number of hydrogen-bond donors (Lipinski definition) is 0. The van der Waals surface area contributed by atoms with Crippen molar-refractivity contribution in [3.05, 3.63) is 158 Å². The molecule has 0 spiro atoms. The number of ether oxygens (including phenoxy) is 1. The fourth-order valence-electron chi connectivity index (χ4n) is 8.05. The van der Waals surface area contributed by atoms with Crippen molar-refractivity contribution in [3.8, 4) is 34.0 Å². The molecule has 0 saturated heterocycles. The highest BCUT2D eigenvalue weighted by molar-refractivity contribution is 6.17. The van der Waals surface area contributed by atoms with Gasteiger partial charge in [0.05, 0.1) is 27.8 Å². The quantitative estimate of drug-likeness (QED) is 0.181. The number of rotatable bonds is 2. The van der Waals surface area contributed by atoms with Gasteiger partial charge in [-0.25, -0.2) is 0 Å². The van der Waals surface area contributed by atoms with Crippen molar-refractivity contribution < 1.29 is 4.74 Å². The molecule has 3 heteroatoms. The molecule has 2 aromatic heterocycles. The van der Waals surface area contributed by atoms with E-state index in [9.17, 15) is 0 Å². The molecule has 0 atom stereocenters. The molecule has 0 amide bonds. The summed E-state index contributed by atoms with van der Waals surface area (Å²) in [6, 6.07) is 57.1. The van der Waals surface area contributed by atoms with Crippen LogP contribution < -0.4 is 4.74 Å². The molecule has 0 bridgehead atoms. The average molecular weight is 599 g/mol. The molecular weight excluding hydrogens is 572 g/mol. The topological polar surface area (TPSA) is 19.1 Å². The minimum Gasteiger partial charge on any atom is -0.453 e. The van der Waals surface area contributed by atoms with Crippen LogP contribution in [-0.2, 0) is 0 Å². The SMILES string of the molecule is c1ccc2c(c1)Oc1cccc3c4cccc(-c5ccc6c(ccc7cc(-n8c9ccccc9c9ccccc98)ccc76)c5)c4n-2c13. The smallest absolute Gasteiger partial charge is 0.152 e. The fraction of sp³-hybridized carbons (Fsp3) is 0. The summed E-state index contributed by atoms with van der Waals surface area (Å²) >= 11 is 0. The standard InChI is InChI=1S/C44H26N2O/c1-3-14-38-34(9-1)35-10-2-4-15-39(35)45(38)30-22-24-32-29(26-30)20-19-27-25-28(21-23-31(27)32)33-11-7-12-36-37-13-8-18-42-44(37)46(43(33)36)40-16-5-6-17-41(40)47-42/h1-26H. The number of nitrogens with zero attached hydrogens (tertiary/aromatic N) is 2. The summed E-state index contributed by atoms with van der Waals surface area (Å²) < 4.78 is 11.2. The van der Waals surface area contributed by atoms with E-state index in [4.69, 9.17) is 4.74 Å². The first-order valence-corrected chi connectivity index (χ1v) is 16.1. The van der Waals surface area contributed by atoms with Crippen LogP contribution in [0, 0.1) is 0 Å².